The lowest BCUT2D eigenvalue weighted by Gasteiger charge is -2.23. The van der Waals surface area contributed by atoms with Gasteiger partial charge in [-0.2, -0.15) is 0 Å². The monoisotopic (exact) mass is 282 g/mol. The van der Waals surface area contributed by atoms with Crippen LogP contribution in [0.15, 0.2) is 0 Å². The maximum absolute atomic E-state index is 12.5. The van der Waals surface area contributed by atoms with Gasteiger partial charge in [0.05, 0.1) is 0 Å². The molecule has 0 aromatic heterocycles. The van der Waals surface area contributed by atoms with Crippen molar-refractivity contribution >= 4 is 17.7 Å². The predicted molar refractivity (Wildman–Crippen MR) is 72.5 cm³/mol. The zero-order valence-electron chi connectivity index (χ0n) is 11.5. The number of carbonyl (C=O) groups is 1. The van der Waals surface area contributed by atoms with Gasteiger partial charge in [-0.15, -0.1) is 11.8 Å². The van der Waals surface area contributed by atoms with Crippen LogP contribution in [0.25, 0.3) is 0 Å². The second-order valence-corrected chi connectivity index (χ2v) is 6.61. The van der Waals surface area contributed by atoms with Gasteiger partial charge in [0.15, 0.2) is 0 Å². The van der Waals surface area contributed by atoms with Crippen LogP contribution in [0.4, 0.5) is 8.78 Å². The summed E-state index contributed by atoms with van der Waals surface area (Å²) < 4.78 is 24.4. The molecule has 0 aromatic rings. The normalized spacial score (nSPS) is 15.4. The Hall–Kier alpha value is -0.320. The predicted octanol–water partition coefficient (Wildman–Crippen LogP) is 4.58. The Labute approximate surface area is 113 Å². The molecule has 0 aliphatic heterocycles. The van der Waals surface area contributed by atoms with E-state index in [9.17, 15) is 13.6 Å². The fourth-order valence-corrected chi connectivity index (χ4v) is 3.00. The number of hydrogen-bond acceptors (Lipinski definition) is 2. The second-order valence-electron chi connectivity index (χ2n) is 5.02. The molecule has 0 aromatic carbocycles. The third-order valence-electron chi connectivity index (χ3n) is 2.86. The molecule has 0 aliphatic carbocycles. The van der Waals surface area contributed by atoms with Crippen LogP contribution in [0.5, 0.6) is 0 Å². The number of carboxylic acid groups (broad SMARTS) is 1. The Balaban J connectivity index is 3.78. The number of unbranched alkanes of at least 4 members (excludes halogenated alkanes) is 2. The zero-order valence-corrected chi connectivity index (χ0v) is 12.3. The first-order valence-corrected chi connectivity index (χ1v) is 7.45. The highest BCUT2D eigenvalue weighted by molar-refractivity contribution is 8.01. The first-order chi connectivity index (χ1) is 8.21. The van der Waals surface area contributed by atoms with E-state index in [0.717, 1.165) is 31.9 Å². The molecule has 0 bridgehead atoms. The molecule has 5 heteroatoms. The number of halogens is 2. The Bertz CT molecular complexity index is 254. The zero-order chi connectivity index (χ0) is 14.2. The van der Waals surface area contributed by atoms with Crippen LogP contribution in [0.2, 0.25) is 0 Å². The molecular weight excluding hydrogens is 258 g/mol. The highest BCUT2D eigenvalue weighted by atomic mass is 32.2. The van der Waals surface area contributed by atoms with Gasteiger partial charge in [0.1, 0.15) is 4.75 Å². The van der Waals surface area contributed by atoms with Gasteiger partial charge in [-0.3, -0.25) is 4.79 Å². The summed E-state index contributed by atoms with van der Waals surface area (Å²) in [4.78, 5) is 11.1. The van der Waals surface area contributed by atoms with E-state index >= 15 is 0 Å². The van der Waals surface area contributed by atoms with E-state index in [0.29, 0.717) is 12.8 Å². The summed E-state index contributed by atoms with van der Waals surface area (Å²) in [5.74, 6) is -2.64. The summed E-state index contributed by atoms with van der Waals surface area (Å²) in [5.41, 5.74) is 0. The van der Waals surface area contributed by atoms with Crippen molar-refractivity contribution in [1.82, 2.24) is 0 Å². The van der Waals surface area contributed by atoms with Crippen LogP contribution in [0.1, 0.15) is 59.3 Å². The van der Waals surface area contributed by atoms with E-state index in [2.05, 4.69) is 0 Å². The first-order valence-electron chi connectivity index (χ1n) is 6.46. The van der Waals surface area contributed by atoms with Crippen molar-refractivity contribution in [3.63, 3.8) is 0 Å². The van der Waals surface area contributed by atoms with Gasteiger partial charge >= 0.3 is 5.97 Å². The number of rotatable bonds is 10. The quantitative estimate of drug-likeness (QED) is 0.596. The number of aliphatic carboxylic acids is 1. The average molecular weight is 282 g/mol. The highest BCUT2D eigenvalue weighted by Gasteiger charge is 2.32. The van der Waals surface area contributed by atoms with Gasteiger partial charge in [-0.05, 0) is 38.9 Å². The van der Waals surface area contributed by atoms with E-state index in [-0.39, 0.29) is 6.42 Å². The lowest BCUT2D eigenvalue weighted by molar-refractivity contribution is -0.139. The molecule has 108 valence electrons. The Morgan fingerprint density at radius 3 is 2.22 bits per heavy atom. The van der Waals surface area contributed by atoms with Gasteiger partial charge in [-0.25, -0.2) is 8.78 Å². The van der Waals surface area contributed by atoms with Crippen molar-refractivity contribution in [3.05, 3.63) is 0 Å². The Morgan fingerprint density at radius 2 is 1.78 bits per heavy atom. The van der Waals surface area contributed by atoms with Crippen LogP contribution in [-0.2, 0) is 4.79 Å². The van der Waals surface area contributed by atoms with Gasteiger partial charge in [0.2, 0.25) is 5.92 Å². The lowest BCUT2D eigenvalue weighted by Crippen LogP contribution is -2.31. The summed E-state index contributed by atoms with van der Waals surface area (Å²) in [6.45, 7) is 4.64. The molecule has 1 N–H and O–H groups in total. The first kappa shape index (κ1) is 17.7. The molecule has 0 saturated carbocycles. The van der Waals surface area contributed by atoms with Gasteiger partial charge < -0.3 is 5.11 Å². The van der Waals surface area contributed by atoms with E-state index in [1.807, 2.05) is 6.92 Å². The molecule has 18 heavy (non-hydrogen) atoms. The van der Waals surface area contributed by atoms with Crippen LogP contribution in [-0.4, -0.2) is 27.5 Å². The van der Waals surface area contributed by atoms with Crippen molar-refractivity contribution < 1.29 is 18.7 Å². The smallest absolute Gasteiger partial charge is 0.319 e. The maximum atomic E-state index is 12.5. The Kier molecular flexibility index (Phi) is 7.83. The second kappa shape index (κ2) is 7.97. The van der Waals surface area contributed by atoms with E-state index in [1.54, 1.807) is 6.92 Å². The molecule has 0 radical (unpaired) electrons. The summed E-state index contributed by atoms with van der Waals surface area (Å²) in [6, 6.07) is 0. The topological polar surface area (TPSA) is 37.3 Å². The van der Waals surface area contributed by atoms with Crippen LogP contribution in [0, 0.1) is 0 Å². The Morgan fingerprint density at radius 1 is 1.17 bits per heavy atom. The highest BCUT2D eigenvalue weighted by Crippen LogP contribution is 2.31. The fourth-order valence-electron chi connectivity index (χ4n) is 1.73. The minimum absolute atomic E-state index is 0.0805. The molecule has 1 atom stereocenters. The SMILES string of the molecule is CCCC(C)(SCCCCCC(C)(F)F)C(=O)O. The average Bonchev–Trinajstić information content (AvgIpc) is 2.22. The molecule has 0 fully saturated rings. The maximum Gasteiger partial charge on any atom is 0.319 e. The van der Waals surface area contributed by atoms with Crippen molar-refractivity contribution in [2.45, 2.75) is 70.0 Å². The van der Waals surface area contributed by atoms with Crippen molar-refractivity contribution in [1.29, 1.82) is 0 Å². The summed E-state index contributed by atoms with van der Waals surface area (Å²) >= 11 is 1.43. The molecule has 1 unspecified atom stereocenters. The minimum atomic E-state index is -2.58. The summed E-state index contributed by atoms with van der Waals surface area (Å²) in [6.07, 6.45) is 3.42. The van der Waals surface area contributed by atoms with Crippen molar-refractivity contribution in [2.24, 2.45) is 0 Å². The molecule has 0 spiro atoms. The van der Waals surface area contributed by atoms with E-state index in [1.165, 1.54) is 11.8 Å². The largest absolute Gasteiger partial charge is 0.480 e. The van der Waals surface area contributed by atoms with E-state index < -0.39 is 16.6 Å². The van der Waals surface area contributed by atoms with Crippen molar-refractivity contribution in [3.8, 4) is 0 Å². The van der Waals surface area contributed by atoms with Gasteiger partial charge in [-0.1, -0.05) is 19.8 Å². The third kappa shape index (κ3) is 7.90. The molecule has 0 amide bonds. The van der Waals surface area contributed by atoms with Crippen LogP contribution < -0.4 is 0 Å². The molecule has 0 saturated heterocycles. The number of hydrogen-bond donors (Lipinski definition) is 1. The molecule has 0 aliphatic rings. The van der Waals surface area contributed by atoms with Gasteiger partial charge in [0.25, 0.3) is 0 Å². The minimum Gasteiger partial charge on any atom is -0.480 e. The number of thioether (sulfide) groups is 1. The third-order valence-corrected chi connectivity index (χ3v) is 4.37. The standard InChI is InChI=1S/C13H24F2O2S/c1-4-8-12(2,11(16)17)18-10-7-5-6-9-13(3,14)15/h4-10H2,1-3H3,(H,16,17). The molecule has 2 nitrogen and oxygen atoms in total. The molecular formula is C13H24F2O2S. The molecule has 0 rings (SSSR count). The van der Waals surface area contributed by atoms with Crippen molar-refractivity contribution in [2.75, 3.05) is 5.75 Å². The number of carboxylic acids is 1. The van der Waals surface area contributed by atoms with Gasteiger partial charge in [0, 0.05) is 6.42 Å². The van der Waals surface area contributed by atoms with Crippen LogP contribution in [0.3, 0.4) is 0 Å². The fraction of sp³-hybridized carbons (Fsp3) is 0.923. The molecule has 0 heterocycles. The summed E-state index contributed by atoms with van der Waals surface area (Å²) in [5, 5.41) is 9.15. The van der Waals surface area contributed by atoms with Crippen LogP contribution >= 0.6 is 11.8 Å². The van der Waals surface area contributed by atoms with E-state index in [4.69, 9.17) is 5.11 Å². The lowest BCUT2D eigenvalue weighted by atomic mass is 10.1. The number of alkyl halides is 2. The summed E-state index contributed by atoms with van der Waals surface area (Å²) in [7, 11) is 0.